The average molecular weight is 407 g/mol. The fraction of sp³-hybridized carbons (Fsp3) is 0.500. The van der Waals surface area contributed by atoms with Crippen molar-refractivity contribution in [3.05, 3.63) is 71.8 Å². The van der Waals surface area contributed by atoms with Crippen molar-refractivity contribution in [2.45, 2.75) is 84.0 Å². The summed E-state index contributed by atoms with van der Waals surface area (Å²) in [5.74, 6) is 0.923. The minimum atomic E-state index is 0.214. The molecule has 1 saturated carbocycles. The molecule has 3 rings (SSSR count). The van der Waals surface area contributed by atoms with Gasteiger partial charge < -0.3 is 0 Å². The van der Waals surface area contributed by atoms with Crippen molar-refractivity contribution in [3.63, 3.8) is 0 Å². The molecule has 0 spiro atoms. The second-order valence-corrected chi connectivity index (χ2v) is 8.51. The fourth-order valence-corrected chi connectivity index (χ4v) is 4.05. The molecule has 0 heterocycles. The van der Waals surface area contributed by atoms with Gasteiger partial charge in [0.05, 0.1) is 0 Å². The number of benzene rings is 1. The highest BCUT2D eigenvalue weighted by molar-refractivity contribution is 5.91. The summed E-state index contributed by atoms with van der Waals surface area (Å²) < 4.78 is 0. The van der Waals surface area contributed by atoms with E-state index in [1.165, 1.54) is 56.9 Å². The Morgan fingerprint density at radius 3 is 2.43 bits per heavy atom. The number of allylic oxidation sites excluding steroid dienone is 6. The van der Waals surface area contributed by atoms with Crippen LogP contribution in [0.4, 0.5) is 0 Å². The van der Waals surface area contributed by atoms with E-state index in [1.54, 1.807) is 6.92 Å². The van der Waals surface area contributed by atoms with E-state index in [1.807, 2.05) is 36.4 Å². The first-order valence-corrected chi connectivity index (χ1v) is 11.7. The third kappa shape index (κ3) is 10.5. The molecule has 1 fully saturated rings. The molecule has 0 unspecified atom stereocenters. The molecule has 2 aliphatic rings. The molecule has 0 amide bonds. The van der Waals surface area contributed by atoms with Gasteiger partial charge in [0.1, 0.15) is 5.78 Å². The second-order valence-electron chi connectivity index (χ2n) is 8.51. The van der Waals surface area contributed by atoms with E-state index in [0.717, 1.165) is 24.8 Å². The normalized spacial score (nSPS) is 16.6. The van der Waals surface area contributed by atoms with Crippen LogP contribution in [0.15, 0.2) is 66.3 Å². The zero-order chi connectivity index (χ0) is 21.4. The first-order valence-electron chi connectivity index (χ1n) is 11.7. The highest BCUT2D eigenvalue weighted by atomic mass is 16.1. The summed E-state index contributed by atoms with van der Waals surface area (Å²) in [6, 6.07) is 9.75. The van der Waals surface area contributed by atoms with Gasteiger partial charge in [-0.2, -0.15) is 0 Å². The van der Waals surface area contributed by atoms with Crippen molar-refractivity contribution in [3.8, 4) is 0 Å². The van der Waals surface area contributed by atoms with Crippen molar-refractivity contribution >= 4 is 11.6 Å². The highest BCUT2D eigenvalue weighted by Gasteiger charge is 2.18. The summed E-state index contributed by atoms with van der Waals surface area (Å²) in [6.07, 6.45) is 24.5. The summed E-state index contributed by atoms with van der Waals surface area (Å²) in [5.41, 5.74) is 2.59. The van der Waals surface area contributed by atoms with Crippen molar-refractivity contribution in [2.24, 2.45) is 5.92 Å². The molecule has 0 saturated heterocycles. The Balaban J connectivity index is 0.000000269. The Hall–Kier alpha value is -2.22. The van der Waals surface area contributed by atoms with Crippen LogP contribution in [-0.2, 0) is 16.0 Å². The number of hydrogen-bond donors (Lipinski definition) is 0. The molecule has 0 aliphatic heterocycles. The van der Waals surface area contributed by atoms with Crippen molar-refractivity contribution in [1.82, 2.24) is 0 Å². The van der Waals surface area contributed by atoms with Crippen LogP contribution in [0.5, 0.6) is 0 Å². The topological polar surface area (TPSA) is 34.1 Å². The Bertz CT molecular complexity index is 718. The minimum absolute atomic E-state index is 0.214. The quantitative estimate of drug-likeness (QED) is 0.317. The standard InChI is InChI=1S/C19H28O.C9H10O/c20-19(18-14-8-4-9-15-18)16-10-2-1-5-11-17-12-6-3-7-13-17;1-8(10)7-9-5-3-2-4-6-9/h6,10,12-13,16,18H,1-5,7-9,11,14-15H2;2-6H,7H2,1H3/b16-10-;. The lowest BCUT2D eigenvalue weighted by molar-refractivity contribution is -0.119. The van der Waals surface area contributed by atoms with Crippen LogP contribution in [-0.4, -0.2) is 11.6 Å². The molecular formula is C28H38O2. The summed E-state index contributed by atoms with van der Waals surface area (Å²) in [5, 5.41) is 0. The molecule has 2 nitrogen and oxygen atoms in total. The predicted octanol–water partition coefficient (Wildman–Crippen LogP) is 7.35. The van der Waals surface area contributed by atoms with Gasteiger partial charge in [-0.05, 0) is 69.9 Å². The number of ketones is 2. The maximum absolute atomic E-state index is 12.0. The van der Waals surface area contributed by atoms with Gasteiger partial charge in [-0.1, -0.05) is 79.5 Å². The van der Waals surface area contributed by atoms with E-state index < -0.39 is 0 Å². The first kappa shape index (κ1) is 24.1. The molecule has 1 aromatic carbocycles. The number of unbranched alkanes of at least 4 members (excludes halogenated alkanes) is 2. The van der Waals surface area contributed by atoms with Gasteiger partial charge in [-0.25, -0.2) is 0 Å². The van der Waals surface area contributed by atoms with Crippen LogP contribution in [0.1, 0.15) is 83.1 Å². The van der Waals surface area contributed by atoms with Gasteiger partial charge in [0.2, 0.25) is 0 Å². The zero-order valence-electron chi connectivity index (χ0n) is 18.7. The Morgan fingerprint density at radius 2 is 1.77 bits per heavy atom. The molecule has 0 radical (unpaired) electrons. The molecule has 1 aromatic rings. The van der Waals surface area contributed by atoms with Crippen molar-refractivity contribution < 1.29 is 9.59 Å². The number of rotatable bonds is 9. The van der Waals surface area contributed by atoms with E-state index in [4.69, 9.17) is 0 Å². The molecule has 0 atom stereocenters. The smallest absolute Gasteiger partial charge is 0.158 e. The van der Waals surface area contributed by atoms with Gasteiger partial charge in [-0.3, -0.25) is 9.59 Å². The molecule has 0 N–H and O–H groups in total. The van der Waals surface area contributed by atoms with Crippen LogP contribution in [0, 0.1) is 5.92 Å². The molecule has 0 aromatic heterocycles. The highest BCUT2D eigenvalue weighted by Crippen LogP contribution is 2.24. The van der Waals surface area contributed by atoms with Gasteiger partial charge >= 0.3 is 0 Å². The van der Waals surface area contributed by atoms with Crippen molar-refractivity contribution in [2.75, 3.05) is 0 Å². The lowest BCUT2D eigenvalue weighted by Crippen LogP contribution is -2.15. The summed E-state index contributed by atoms with van der Waals surface area (Å²) >= 11 is 0. The summed E-state index contributed by atoms with van der Waals surface area (Å²) in [7, 11) is 0. The summed E-state index contributed by atoms with van der Waals surface area (Å²) in [4.78, 5) is 22.6. The van der Waals surface area contributed by atoms with Crippen LogP contribution in [0.2, 0.25) is 0 Å². The number of carbonyl (C=O) groups excluding carboxylic acids is 2. The van der Waals surface area contributed by atoms with E-state index in [0.29, 0.717) is 18.1 Å². The predicted molar refractivity (Wildman–Crippen MR) is 126 cm³/mol. The van der Waals surface area contributed by atoms with Crippen LogP contribution >= 0.6 is 0 Å². The monoisotopic (exact) mass is 406 g/mol. The second kappa shape index (κ2) is 14.7. The summed E-state index contributed by atoms with van der Waals surface area (Å²) in [6.45, 7) is 1.60. The Kier molecular flexibility index (Phi) is 11.8. The molecule has 2 heteroatoms. The van der Waals surface area contributed by atoms with E-state index >= 15 is 0 Å². The van der Waals surface area contributed by atoms with Gasteiger partial charge in [0.25, 0.3) is 0 Å². The fourth-order valence-electron chi connectivity index (χ4n) is 4.05. The zero-order valence-corrected chi connectivity index (χ0v) is 18.7. The third-order valence-corrected chi connectivity index (χ3v) is 5.74. The van der Waals surface area contributed by atoms with E-state index in [2.05, 4.69) is 24.3 Å². The van der Waals surface area contributed by atoms with Crippen LogP contribution in [0.25, 0.3) is 0 Å². The maximum atomic E-state index is 12.0. The SMILES string of the molecule is CC(=O)Cc1ccccc1.O=C(/C=C\CCCCC1=CCCC=C1)C1CCCCC1. The minimum Gasteiger partial charge on any atom is -0.300 e. The van der Waals surface area contributed by atoms with Crippen molar-refractivity contribution in [1.29, 1.82) is 0 Å². The molecule has 162 valence electrons. The number of Topliss-reactive ketones (excluding diaryl/α,β-unsaturated/α-hetero) is 1. The van der Waals surface area contributed by atoms with E-state index in [-0.39, 0.29) is 5.78 Å². The molecule has 2 aliphatic carbocycles. The van der Waals surface area contributed by atoms with Gasteiger partial charge in [0.15, 0.2) is 5.78 Å². The number of hydrogen-bond acceptors (Lipinski definition) is 2. The number of carbonyl (C=O) groups is 2. The lowest BCUT2D eigenvalue weighted by Gasteiger charge is -2.18. The molecule has 30 heavy (non-hydrogen) atoms. The maximum Gasteiger partial charge on any atom is 0.158 e. The molecular weight excluding hydrogens is 368 g/mol. The van der Waals surface area contributed by atoms with E-state index in [9.17, 15) is 9.59 Å². The molecule has 0 bridgehead atoms. The van der Waals surface area contributed by atoms with Crippen LogP contribution < -0.4 is 0 Å². The largest absolute Gasteiger partial charge is 0.300 e. The van der Waals surface area contributed by atoms with Crippen LogP contribution in [0.3, 0.4) is 0 Å². The Labute approximate surface area is 183 Å². The first-order chi connectivity index (χ1) is 14.6. The average Bonchev–Trinajstić information content (AvgIpc) is 2.78. The van der Waals surface area contributed by atoms with Gasteiger partial charge in [0, 0.05) is 12.3 Å². The lowest BCUT2D eigenvalue weighted by atomic mass is 9.86. The Morgan fingerprint density at radius 1 is 1.00 bits per heavy atom. The van der Waals surface area contributed by atoms with Gasteiger partial charge in [-0.15, -0.1) is 0 Å². The third-order valence-electron chi connectivity index (χ3n) is 5.74.